The molecule has 154 valence electrons. The molecule has 2 aromatic carbocycles. The van der Waals surface area contributed by atoms with E-state index in [-0.39, 0.29) is 12.4 Å². The number of ketones is 1. The number of methoxy groups -OCH3 is 1. The summed E-state index contributed by atoms with van der Waals surface area (Å²) in [4.78, 5) is 12.8. The third kappa shape index (κ3) is 4.84. The van der Waals surface area contributed by atoms with Crippen molar-refractivity contribution in [2.24, 2.45) is 0 Å². The second-order valence-electron chi connectivity index (χ2n) is 7.00. The van der Waals surface area contributed by atoms with Gasteiger partial charge in [0.25, 0.3) is 0 Å². The lowest BCUT2D eigenvalue weighted by atomic mass is 10.1. The minimum atomic E-state index is -0.107. The average Bonchev–Trinajstić information content (AvgIpc) is 3.05. The van der Waals surface area contributed by atoms with Crippen molar-refractivity contribution in [3.8, 4) is 17.6 Å². The first kappa shape index (κ1) is 21.5. The van der Waals surface area contributed by atoms with Crippen molar-refractivity contribution >= 4 is 17.4 Å². The molecule has 0 atom stereocenters. The first-order valence-corrected chi connectivity index (χ1v) is 9.96. The number of rotatable bonds is 8. The molecule has 0 N–H and O–H groups in total. The highest BCUT2D eigenvalue weighted by molar-refractivity contribution is 6.30. The lowest BCUT2D eigenvalue weighted by Gasteiger charge is -2.11. The molecule has 1 heterocycles. The number of carbonyl (C=O) groups excluding carboxylic acids is 1. The molecule has 30 heavy (non-hydrogen) atoms. The molecule has 6 heteroatoms. The zero-order chi connectivity index (χ0) is 21.7. The predicted molar refractivity (Wildman–Crippen MR) is 117 cm³/mol. The number of halogens is 1. The summed E-state index contributed by atoms with van der Waals surface area (Å²) in [5.74, 6) is 0.754. The van der Waals surface area contributed by atoms with Gasteiger partial charge in [-0.15, -0.1) is 0 Å². The minimum Gasteiger partial charge on any atom is -0.493 e. The van der Waals surface area contributed by atoms with Crippen molar-refractivity contribution in [1.82, 2.24) is 4.57 Å². The van der Waals surface area contributed by atoms with E-state index >= 15 is 0 Å². The Morgan fingerprint density at radius 3 is 2.50 bits per heavy atom. The van der Waals surface area contributed by atoms with Crippen molar-refractivity contribution in [2.75, 3.05) is 13.7 Å². The van der Waals surface area contributed by atoms with E-state index in [1.54, 1.807) is 18.2 Å². The number of hydrogen-bond donors (Lipinski definition) is 0. The third-order valence-corrected chi connectivity index (χ3v) is 5.31. The summed E-state index contributed by atoms with van der Waals surface area (Å²) in [5, 5.41) is 9.72. The lowest BCUT2D eigenvalue weighted by Crippen LogP contribution is -2.13. The molecule has 3 rings (SSSR count). The van der Waals surface area contributed by atoms with Gasteiger partial charge in [-0.25, -0.2) is 0 Å². The molecule has 0 radical (unpaired) electrons. The van der Waals surface area contributed by atoms with E-state index in [9.17, 15) is 4.79 Å². The minimum absolute atomic E-state index is 0.104. The maximum atomic E-state index is 12.8. The van der Waals surface area contributed by atoms with Crippen molar-refractivity contribution in [3.05, 3.63) is 81.6 Å². The molecule has 0 aliphatic rings. The van der Waals surface area contributed by atoms with Crippen molar-refractivity contribution < 1.29 is 14.3 Å². The molecule has 3 aromatic rings. The Hall–Kier alpha value is -3.23. The van der Waals surface area contributed by atoms with Gasteiger partial charge in [-0.3, -0.25) is 4.79 Å². The quantitative estimate of drug-likeness (QED) is 0.471. The molecule has 0 saturated heterocycles. The summed E-state index contributed by atoms with van der Waals surface area (Å²) in [6.45, 7) is 4.61. The van der Waals surface area contributed by atoms with Crippen LogP contribution in [0.5, 0.6) is 11.5 Å². The van der Waals surface area contributed by atoms with E-state index in [1.807, 2.05) is 44.2 Å². The number of nitrogens with zero attached hydrogens (tertiary/aromatic N) is 2. The molecule has 0 aliphatic carbocycles. The van der Waals surface area contributed by atoms with Gasteiger partial charge in [-0.1, -0.05) is 23.7 Å². The first-order valence-electron chi connectivity index (χ1n) is 9.58. The summed E-state index contributed by atoms with van der Waals surface area (Å²) < 4.78 is 13.1. The SMILES string of the molecule is COc1cc(C#N)ccc1OCC(=O)c1cc(C)n(CCc2ccc(Cl)cc2)c1C. The van der Waals surface area contributed by atoms with E-state index in [2.05, 4.69) is 10.6 Å². The van der Waals surface area contributed by atoms with Crippen molar-refractivity contribution in [1.29, 1.82) is 5.26 Å². The highest BCUT2D eigenvalue weighted by atomic mass is 35.5. The molecule has 0 fully saturated rings. The van der Waals surface area contributed by atoms with Gasteiger partial charge in [0.15, 0.2) is 18.1 Å². The van der Waals surface area contributed by atoms with E-state index in [0.29, 0.717) is 22.6 Å². The van der Waals surface area contributed by atoms with E-state index in [1.165, 1.54) is 12.7 Å². The summed E-state index contributed by atoms with van der Waals surface area (Å²) in [6.07, 6.45) is 0.847. The Balaban J connectivity index is 1.69. The van der Waals surface area contributed by atoms with Gasteiger partial charge >= 0.3 is 0 Å². The molecule has 1 aromatic heterocycles. The van der Waals surface area contributed by atoms with Crippen molar-refractivity contribution in [3.63, 3.8) is 0 Å². The van der Waals surface area contributed by atoms with Crippen LogP contribution in [0.25, 0.3) is 0 Å². The highest BCUT2D eigenvalue weighted by Crippen LogP contribution is 2.28. The Morgan fingerprint density at radius 2 is 1.83 bits per heavy atom. The van der Waals surface area contributed by atoms with Crippen LogP contribution in [0.4, 0.5) is 0 Å². The smallest absolute Gasteiger partial charge is 0.202 e. The van der Waals surface area contributed by atoms with E-state index in [0.717, 1.165) is 29.4 Å². The highest BCUT2D eigenvalue weighted by Gasteiger charge is 2.17. The number of Topliss-reactive ketones (excluding diaryl/α,β-unsaturated/α-hetero) is 1. The Kier molecular flexibility index (Phi) is 6.81. The second-order valence-corrected chi connectivity index (χ2v) is 7.44. The standard InChI is InChI=1S/C24H23ClN2O3/c1-16-12-21(17(2)27(16)11-10-18-4-7-20(25)8-5-18)22(28)15-30-23-9-6-19(14-26)13-24(23)29-3/h4-9,12-13H,10-11,15H2,1-3H3. The van der Waals surface area contributed by atoms with Crippen LogP contribution in [-0.2, 0) is 13.0 Å². The Labute approximate surface area is 181 Å². The van der Waals surface area contributed by atoms with Gasteiger partial charge in [-0.05, 0) is 56.2 Å². The van der Waals surface area contributed by atoms with Crippen LogP contribution in [0.3, 0.4) is 0 Å². The Bertz CT molecular complexity index is 1090. The fourth-order valence-electron chi connectivity index (χ4n) is 3.40. The molecule has 0 amide bonds. The van der Waals surface area contributed by atoms with Gasteiger partial charge in [0.2, 0.25) is 5.78 Å². The fraction of sp³-hybridized carbons (Fsp3) is 0.250. The molecule has 0 bridgehead atoms. The van der Waals surface area contributed by atoms with Crippen LogP contribution in [0, 0.1) is 25.2 Å². The largest absolute Gasteiger partial charge is 0.493 e. The van der Waals surface area contributed by atoms with E-state index in [4.69, 9.17) is 26.3 Å². The third-order valence-electron chi connectivity index (χ3n) is 5.06. The number of hydrogen-bond acceptors (Lipinski definition) is 4. The molecule has 0 aliphatic heterocycles. The molecule has 0 spiro atoms. The number of benzene rings is 2. The van der Waals surface area contributed by atoms with Crippen LogP contribution >= 0.6 is 11.6 Å². The average molecular weight is 423 g/mol. The lowest BCUT2D eigenvalue weighted by molar-refractivity contribution is 0.0918. The number of nitriles is 1. The maximum Gasteiger partial charge on any atom is 0.202 e. The topological polar surface area (TPSA) is 64.2 Å². The van der Waals surface area contributed by atoms with Gasteiger partial charge in [0.05, 0.1) is 18.7 Å². The molecule has 5 nitrogen and oxygen atoms in total. The van der Waals surface area contributed by atoms with Crippen LogP contribution < -0.4 is 9.47 Å². The predicted octanol–water partition coefficient (Wildman–Crippen LogP) is 5.14. The normalized spacial score (nSPS) is 10.5. The van der Waals surface area contributed by atoms with Crippen LogP contribution in [0.15, 0.2) is 48.5 Å². The fourth-order valence-corrected chi connectivity index (χ4v) is 3.52. The first-order chi connectivity index (χ1) is 14.4. The van der Waals surface area contributed by atoms with Gasteiger partial charge in [0, 0.05) is 34.6 Å². The summed E-state index contributed by atoms with van der Waals surface area (Å²) >= 11 is 5.95. The second kappa shape index (κ2) is 9.51. The Morgan fingerprint density at radius 1 is 1.10 bits per heavy atom. The summed E-state index contributed by atoms with van der Waals surface area (Å²) in [7, 11) is 1.50. The monoisotopic (exact) mass is 422 g/mol. The van der Waals surface area contributed by atoms with Gasteiger partial charge < -0.3 is 14.0 Å². The number of carbonyl (C=O) groups is 1. The van der Waals surface area contributed by atoms with Crippen LogP contribution in [0.1, 0.15) is 32.9 Å². The molecule has 0 unspecified atom stereocenters. The van der Waals surface area contributed by atoms with Gasteiger partial charge in [0.1, 0.15) is 0 Å². The zero-order valence-corrected chi connectivity index (χ0v) is 18.0. The van der Waals surface area contributed by atoms with Crippen LogP contribution in [0.2, 0.25) is 5.02 Å². The zero-order valence-electron chi connectivity index (χ0n) is 17.2. The molecule has 0 saturated carbocycles. The van der Waals surface area contributed by atoms with E-state index < -0.39 is 0 Å². The van der Waals surface area contributed by atoms with Gasteiger partial charge in [-0.2, -0.15) is 5.26 Å². The molecular weight excluding hydrogens is 400 g/mol. The number of aromatic nitrogens is 1. The number of aryl methyl sites for hydroxylation is 2. The summed E-state index contributed by atoms with van der Waals surface area (Å²) in [5.41, 5.74) is 4.25. The van der Waals surface area contributed by atoms with Crippen LogP contribution in [-0.4, -0.2) is 24.1 Å². The number of ether oxygens (including phenoxy) is 2. The van der Waals surface area contributed by atoms with Crippen molar-refractivity contribution in [2.45, 2.75) is 26.8 Å². The maximum absolute atomic E-state index is 12.8. The summed E-state index contributed by atoms with van der Waals surface area (Å²) in [6, 6.07) is 16.6. The molecular formula is C24H23ClN2O3.